The van der Waals surface area contributed by atoms with Gasteiger partial charge < -0.3 is 10.4 Å². The minimum absolute atomic E-state index is 0.364. The maximum atomic E-state index is 9.38. The number of benzene rings is 1. The Kier molecular flexibility index (Phi) is 3.27. The van der Waals surface area contributed by atoms with Gasteiger partial charge >= 0.3 is 0 Å². The lowest BCUT2D eigenvalue weighted by Gasteiger charge is -2.28. The van der Waals surface area contributed by atoms with Crippen molar-refractivity contribution in [1.82, 2.24) is 5.32 Å². The van der Waals surface area contributed by atoms with Gasteiger partial charge in [0.05, 0.1) is 0 Å². The molecule has 1 atom stereocenters. The number of phenols is 1. The lowest BCUT2D eigenvalue weighted by Crippen LogP contribution is -2.37. The van der Waals surface area contributed by atoms with Gasteiger partial charge in [-0.05, 0) is 36.5 Å². The predicted molar refractivity (Wildman–Crippen MR) is 62.2 cm³/mol. The first-order chi connectivity index (χ1) is 7.25. The summed E-state index contributed by atoms with van der Waals surface area (Å²) in [5.41, 5.74) is 1.21. The van der Waals surface area contributed by atoms with Crippen molar-refractivity contribution in [3.63, 3.8) is 0 Å². The van der Waals surface area contributed by atoms with Crippen LogP contribution >= 0.6 is 0 Å². The lowest BCUT2D eigenvalue weighted by molar-refractivity contribution is 0.334. The van der Waals surface area contributed by atoms with Gasteiger partial charge in [-0.25, -0.2) is 0 Å². The van der Waals surface area contributed by atoms with E-state index in [1.165, 1.54) is 24.8 Å². The third-order valence-corrected chi connectivity index (χ3v) is 3.26. The molecule has 1 fully saturated rings. The average Bonchev–Trinajstić information content (AvgIpc) is 2.15. The van der Waals surface area contributed by atoms with Gasteiger partial charge in [0.2, 0.25) is 0 Å². The van der Waals surface area contributed by atoms with E-state index in [1.807, 2.05) is 12.1 Å². The summed E-state index contributed by atoms with van der Waals surface area (Å²) in [6, 6.07) is 8.30. The third kappa shape index (κ3) is 2.72. The van der Waals surface area contributed by atoms with Crippen LogP contribution in [0.1, 0.15) is 37.7 Å². The fourth-order valence-electron chi connectivity index (χ4n) is 1.90. The molecule has 2 N–H and O–H groups in total. The van der Waals surface area contributed by atoms with E-state index in [1.54, 1.807) is 6.07 Å². The SMILES string of the molecule is CC(CNC1CCC1)c1cccc(O)c1. The first-order valence-corrected chi connectivity index (χ1v) is 5.78. The maximum absolute atomic E-state index is 9.38. The van der Waals surface area contributed by atoms with Crippen LogP contribution in [-0.2, 0) is 0 Å². The molecule has 1 saturated carbocycles. The van der Waals surface area contributed by atoms with Gasteiger partial charge in [-0.2, -0.15) is 0 Å². The van der Waals surface area contributed by atoms with Gasteiger partial charge in [0.25, 0.3) is 0 Å². The average molecular weight is 205 g/mol. The Bertz CT molecular complexity index is 320. The summed E-state index contributed by atoms with van der Waals surface area (Å²) in [4.78, 5) is 0. The smallest absolute Gasteiger partial charge is 0.115 e. The van der Waals surface area contributed by atoms with Crippen LogP contribution in [0.2, 0.25) is 0 Å². The highest BCUT2D eigenvalue weighted by Crippen LogP contribution is 2.22. The van der Waals surface area contributed by atoms with Crippen molar-refractivity contribution in [2.45, 2.75) is 38.1 Å². The van der Waals surface area contributed by atoms with Crippen molar-refractivity contribution in [2.75, 3.05) is 6.54 Å². The van der Waals surface area contributed by atoms with Crippen LogP contribution < -0.4 is 5.32 Å². The molecule has 1 aliphatic rings. The molecular formula is C13H19NO. The minimum atomic E-state index is 0.364. The Labute approximate surface area is 91.3 Å². The van der Waals surface area contributed by atoms with Crippen LogP contribution in [0, 0.1) is 0 Å². The molecule has 0 heterocycles. The molecule has 2 nitrogen and oxygen atoms in total. The quantitative estimate of drug-likeness (QED) is 0.792. The molecule has 0 amide bonds. The first-order valence-electron chi connectivity index (χ1n) is 5.78. The van der Waals surface area contributed by atoms with Gasteiger partial charge in [0, 0.05) is 12.6 Å². The number of nitrogens with one attached hydrogen (secondary N) is 1. The minimum Gasteiger partial charge on any atom is -0.508 e. The second kappa shape index (κ2) is 4.67. The van der Waals surface area contributed by atoms with Gasteiger partial charge in [-0.15, -0.1) is 0 Å². The molecule has 1 aromatic carbocycles. The highest BCUT2D eigenvalue weighted by molar-refractivity contribution is 5.29. The van der Waals surface area contributed by atoms with Crippen LogP contribution in [0.5, 0.6) is 5.75 Å². The van der Waals surface area contributed by atoms with Crippen molar-refractivity contribution < 1.29 is 5.11 Å². The topological polar surface area (TPSA) is 32.3 Å². The normalized spacial score (nSPS) is 18.5. The van der Waals surface area contributed by atoms with Gasteiger partial charge in [-0.1, -0.05) is 25.5 Å². The Morgan fingerprint density at radius 2 is 2.27 bits per heavy atom. The number of phenolic OH excluding ortho intramolecular Hbond substituents is 1. The highest BCUT2D eigenvalue weighted by atomic mass is 16.3. The van der Waals surface area contributed by atoms with Crippen molar-refractivity contribution >= 4 is 0 Å². The number of hydrogen-bond acceptors (Lipinski definition) is 2. The highest BCUT2D eigenvalue weighted by Gasteiger charge is 2.17. The first kappa shape index (κ1) is 10.5. The molecule has 2 rings (SSSR count). The molecule has 0 aliphatic heterocycles. The number of hydrogen-bond donors (Lipinski definition) is 2. The second-order valence-corrected chi connectivity index (χ2v) is 4.53. The van der Waals surface area contributed by atoms with E-state index in [-0.39, 0.29) is 0 Å². The number of rotatable bonds is 4. The summed E-state index contributed by atoms with van der Waals surface area (Å²) >= 11 is 0. The summed E-state index contributed by atoms with van der Waals surface area (Å²) in [6.45, 7) is 3.20. The molecule has 82 valence electrons. The fourth-order valence-corrected chi connectivity index (χ4v) is 1.90. The van der Waals surface area contributed by atoms with Crippen LogP contribution in [0.4, 0.5) is 0 Å². The van der Waals surface area contributed by atoms with E-state index in [9.17, 15) is 5.11 Å². The molecule has 0 radical (unpaired) electrons. The Morgan fingerprint density at radius 3 is 2.87 bits per heavy atom. The van der Waals surface area contributed by atoms with E-state index in [4.69, 9.17) is 0 Å². The van der Waals surface area contributed by atoms with Crippen molar-refractivity contribution in [3.8, 4) is 5.75 Å². The molecular weight excluding hydrogens is 186 g/mol. The monoisotopic (exact) mass is 205 g/mol. The standard InChI is InChI=1S/C13H19NO/c1-10(9-14-12-5-3-6-12)11-4-2-7-13(15)8-11/h2,4,7-8,10,12,14-15H,3,5-6,9H2,1H3. The molecule has 1 unspecified atom stereocenters. The van der Waals surface area contributed by atoms with Gasteiger partial charge in [0.1, 0.15) is 5.75 Å². The third-order valence-electron chi connectivity index (χ3n) is 3.26. The molecule has 2 heteroatoms. The van der Waals surface area contributed by atoms with Crippen molar-refractivity contribution in [1.29, 1.82) is 0 Å². The summed E-state index contributed by atoms with van der Waals surface area (Å²) in [6.07, 6.45) is 4.03. The number of aromatic hydroxyl groups is 1. The van der Waals surface area contributed by atoms with Gasteiger partial charge in [-0.3, -0.25) is 0 Å². The van der Waals surface area contributed by atoms with Crippen molar-refractivity contribution in [3.05, 3.63) is 29.8 Å². The van der Waals surface area contributed by atoms with E-state index < -0.39 is 0 Å². The predicted octanol–water partition coefficient (Wildman–Crippen LogP) is 2.64. The second-order valence-electron chi connectivity index (χ2n) is 4.53. The molecule has 1 aliphatic carbocycles. The van der Waals surface area contributed by atoms with Crippen LogP contribution in [0.25, 0.3) is 0 Å². The van der Waals surface area contributed by atoms with E-state index in [0.29, 0.717) is 11.7 Å². The molecule has 0 bridgehead atoms. The summed E-state index contributed by atoms with van der Waals surface area (Å²) < 4.78 is 0. The summed E-state index contributed by atoms with van der Waals surface area (Å²) in [5, 5.41) is 12.9. The van der Waals surface area contributed by atoms with E-state index >= 15 is 0 Å². The molecule has 0 saturated heterocycles. The molecule has 0 aromatic heterocycles. The zero-order valence-corrected chi connectivity index (χ0v) is 9.24. The summed E-state index contributed by atoms with van der Waals surface area (Å²) in [5.74, 6) is 0.834. The van der Waals surface area contributed by atoms with Gasteiger partial charge in [0.15, 0.2) is 0 Å². The van der Waals surface area contributed by atoms with E-state index in [2.05, 4.69) is 18.3 Å². The molecule has 15 heavy (non-hydrogen) atoms. The Hall–Kier alpha value is -1.02. The van der Waals surface area contributed by atoms with Crippen molar-refractivity contribution in [2.24, 2.45) is 0 Å². The Morgan fingerprint density at radius 1 is 1.47 bits per heavy atom. The van der Waals surface area contributed by atoms with Crippen LogP contribution in [-0.4, -0.2) is 17.7 Å². The van der Waals surface area contributed by atoms with E-state index in [0.717, 1.165) is 12.6 Å². The fraction of sp³-hybridized carbons (Fsp3) is 0.538. The Balaban J connectivity index is 1.86. The lowest BCUT2D eigenvalue weighted by atomic mass is 9.92. The zero-order valence-electron chi connectivity index (χ0n) is 9.24. The van der Waals surface area contributed by atoms with Crippen LogP contribution in [0.15, 0.2) is 24.3 Å². The largest absolute Gasteiger partial charge is 0.508 e. The zero-order chi connectivity index (χ0) is 10.7. The molecule has 0 spiro atoms. The maximum Gasteiger partial charge on any atom is 0.115 e. The summed E-state index contributed by atoms with van der Waals surface area (Å²) in [7, 11) is 0. The van der Waals surface area contributed by atoms with Crippen LogP contribution in [0.3, 0.4) is 0 Å². The molecule has 1 aromatic rings.